The van der Waals surface area contributed by atoms with Crippen LogP contribution in [0.3, 0.4) is 0 Å². The predicted molar refractivity (Wildman–Crippen MR) is 87.7 cm³/mol. The molecule has 21 heavy (non-hydrogen) atoms. The second-order valence-corrected chi connectivity index (χ2v) is 5.77. The first-order valence-electron chi connectivity index (χ1n) is 6.75. The normalized spacial score (nSPS) is 10.4. The molecule has 0 unspecified atom stereocenters. The van der Waals surface area contributed by atoms with E-state index >= 15 is 0 Å². The number of amides is 1. The van der Waals surface area contributed by atoms with Gasteiger partial charge in [-0.3, -0.25) is 4.79 Å². The first kappa shape index (κ1) is 15.6. The third-order valence-corrected chi connectivity index (χ3v) is 4.06. The van der Waals surface area contributed by atoms with Gasteiger partial charge in [0, 0.05) is 17.8 Å². The first-order chi connectivity index (χ1) is 10.2. The van der Waals surface area contributed by atoms with Crippen molar-refractivity contribution in [2.24, 2.45) is 0 Å². The fourth-order valence-electron chi connectivity index (χ4n) is 1.98. The van der Waals surface area contributed by atoms with E-state index in [1.807, 2.05) is 24.3 Å². The third kappa shape index (κ3) is 4.92. The molecule has 110 valence electrons. The highest BCUT2D eigenvalue weighted by atomic mass is 32.2. The average molecular weight is 301 g/mol. The Balaban J connectivity index is 2.04. The van der Waals surface area contributed by atoms with Crippen molar-refractivity contribution in [2.75, 3.05) is 19.0 Å². The van der Waals surface area contributed by atoms with E-state index in [0.29, 0.717) is 0 Å². The summed E-state index contributed by atoms with van der Waals surface area (Å²) in [6.07, 6.45) is 0. The molecule has 3 nitrogen and oxygen atoms in total. The fourth-order valence-corrected chi connectivity index (χ4v) is 2.93. The van der Waals surface area contributed by atoms with E-state index in [0.717, 1.165) is 16.3 Å². The number of hydrogen-bond donors (Lipinski definition) is 1. The Kier molecular flexibility index (Phi) is 5.84. The van der Waals surface area contributed by atoms with Crippen molar-refractivity contribution in [1.29, 1.82) is 0 Å². The molecule has 0 aliphatic rings. The molecule has 0 radical (unpaired) electrons. The standard InChI is InChI=1S/C17H19NO2S/c1-13-6-5-7-14(10-13)12-21-16-9-4-3-8-15(16)18-17(19)11-20-2/h3-10H,11-12H2,1-2H3,(H,18,19). The maximum Gasteiger partial charge on any atom is 0.250 e. The highest BCUT2D eigenvalue weighted by Crippen LogP contribution is 2.29. The van der Waals surface area contributed by atoms with Crippen molar-refractivity contribution >= 4 is 23.4 Å². The topological polar surface area (TPSA) is 38.3 Å². The largest absolute Gasteiger partial charge is 0.375 e. The minimum atomic E-state index is -0.138. The summed E-state index contributed by atoms with van der Waals surface area (Å²) in [6.45, 7) is 2.16. The summed E-state index contributed by atoms with van der Waals surface area (Å²) in [5, 5.41) is 2.87. The SMILES string of the molecule is COCC(=O)Nc1ccccc1SCc1cccc(C)c1. The van der Waals surface area contributed by atoms with Crippen molar-refractivity contribution in [3.63, 3.8) is 0 Å². The van der Waals surface area contributed by atoms with E-state index in [-0.39, 0.29) is 12.5 Å². The molecule has 1 amide bonds. The molecule has 2 aromatic rings. The zero-order chi connectivity index (χ0) is 15.1. The van der Waals surface area contributed by atoms with E-state index < -0.39 is 0 Å². The summed E-state index contributed by atoms with van der Waals surface area (Å²) in [5.74, 6) is 0.736. The van der Waals surface area contributed by atoms with Crippen LogP contribution in [0.5, 0.6) is 0 Å². The Bertz CT molecular complexity index is 613. The number of anilines is 1. The number of aryl methyl sites for hydroxylation is 1. The lowest BCUT2D eigenvalue weighted by atomic mass is 10.2. The maximum atomic E-state index is 11.6. The molecule has 0 aromatic heterocycles. The van der Waals surface area contributed by atoms with Gasteiger partial charge in [-0.1, -0.05) is 42.0 Å². The Morgan fingerprint density at radius 2 is 2.00 bits per heavy atom. The number of thioether (sulfide) groups is 1. The zero-order valence-corrected chi connectivity index (χ0v) is 13.1. The van der Waals surface area contributed by atoms with E-state index in [2.05, 4.69) is 36.5 Å². The summed E-state index contributed by atoms with van der Waals surface area (Å²) in [7, 11) is 1.51. The quantitative estimate of drug-likeness (QED) is 0.823. The molecule has 0 saturated heterocycles. The van der Waals surface area contributed by atoms with Gasteiger partial charge in [0.15, 0.2) is 0 Å². The van der Waals surface area contributed by atoms with Crippen LogP contribution in [0.4, 0.5) is 5.69 Å². The van der Waals surface area contributed by atoms with Gasteiger partial charge in [0.2, 0.25) is 5.91 Å². The van der Waals surface area contributed by atoms with Crippen LogP contribution in [0.15, 0.2) is 53.4 Å². The number of rotatable bonds is 6. The Labute approximate surface area is 129 Å². The van der Waals surface area contributed by atoms with Crippen molar-refractivity contribution in [1.82, 2.24) is 0 Å². The number of methoxy groups -OCH3 is 1. The lowest BCUT2D eigenvalue weighted by molar-refractivity contribution is -0.119. The highest BCUT2D eigenvalue weighted by molar-refractivity contribution is 7.98. The minimum absolute atomic E-state index is 0.0664. The van der Waals surface area contributed by atoms with E-state index in [1.165, 1.54) is 18.2 Å². The molecular formula is C17H19NO2S. The third-order valence-electron chi connectivity index (χ3n) is 2.91. The highest BCUT2D eigenvalue weighted by Gasteiger charge is 2.07. The van der Waals surface area contributed by atoms with Gasteiger partial charge in [-0.2, -0.15) is 0 Å². The molecule has 1 N–H and O–H groups in total. The van der Waals surface area contributed by atoms with Crippen molar-refractivity contribution in [2.45, 2.75) is 17.6 Å². The van der Waals surface area contributed by atoms with Crippen molar-refractivity contribution in [3.8, 4) is 0 Å². The summed E-state index contributed by atoms with van der Waals surface area (Å²) in [5.41, 5.74) is 3.37. The van der Waals surface area contributed by atoms with E-state index in [9.17, 15) is 4.79 Å². The van der Waals surface area contributed by atoms with Crippen LogP contribution in [0.25, 0.3) is 0 Å². The van der Waals surface area contributed by atoms with Gasteiger partial charge in [-0.25, -0.2) is 0 Å². The molecule has 0 bridgehead atoms. The minimum Gasteiger partial charge on any atom is -0.375 e. The zero-order valence-electron chi connectivity index (χ0n) is 12.3. The number of benzene rings is 2. The van der Waals surface area contributed by atoms with Gasteiger partial charge in [0.25, 0.3) is 0 Å². The molecule has 0 aliphatic carbocycles. The summed E-state index contributed by atoms with van der Waals surface area (Å²) >= 11 is 1.71. The molecule has 0 heterocycles. The average Bonchev–Trinajstić information content (AvgIpc) is 2.47. The van der Waals surface area contributed by atoms with Gasteiger partial charge in [-0.05, 0) is 24.6 Å². The van der Waals surface area contributed by atoms with Crippen LogP contribution in [0.2, 0.25) is 0 Å². The molecule has 0 atom stereocenters. The van der Waals surface area contributed by atoms with Crippen LogP contribution in [-0.2, 0) is 15.3 Å². The number of hydrogen-bond acceptors (Lipinski definition) is 3. The summed E-state index contributed by atoms with van der Waals surface area (Å²) in [4.78, 5) is 12.7. The number of carbonyl (C=O) groups is 1. The van der Waals surface area contributed by atoms with Crippen LogP contribution in [-0.4, -0.2) is 19.6 Å². The van der Waals surface area contributed by atoms with Gasteiger partial charge >= 0.3 is 0 Å². The molecule has 0 aliphatic heterocycles. The Morgan fingerprint density at radius 3 is 2.76 bits per heavy atom. The molecule has 2 aromatic carbocycles. The van der Waals surface area contributed by atoms with Crippen LogP contribution in [0.1, 0.15) is 11.1 Å². The fraction of sp³-hybridized carbons (Fsp3) is 0.235. The number of carbonyl (C=O) groups excluding carboxylic acids is 1. The predicted octanol–water partition coefficient (Wildman–Crippen LogP) is 3.87. The number of nitrogens with one attached hydrogen (secondary N) is 1. The summed E-state index contributed by atoms with van der Waals surface area (Å²) < 4.78 is 4.84. The van der Waals surface area contributed by atoms with E-state index in [4.69, 9.17) is 4.74 Å². The van der Waals surface area contributed by atoms with Crippen molar-refractivity contribution < 1.29 is 9.53 Å². The second kappa shape index (κ2) is 7.86. The smallest absolute Gasteiger partial charge is 0.250 e. The van der Waals surface area contributed by atoms with Gasteiger partial charge in [-0.15, -0.1) is 11.8 Å². The van der Waals surface area contributed by atoms with Crippen LogP contribution >= 0.6 is 11.8 Å². The Hall–Kier alpha value is -1.78. The van der Waals surface area contributed by atoms with Gasteiger partial charge in [0.1, 0.15) is 6.61 Å². The first-order valence-corrected chi connectivity index (χ1v) is 7.74. The lowest BCUT2D eigenvalue weighted by Gasteiger charge is -2.10. The molecule has 0 spiro atoms. The lowest BCUT2D eigenvalue weighted by Crippen LogP contribution is -2.17. The van der Waals surface area contributed by atoms with Crippen LogP contribution in [0, 0.1) is 6.92 Å². The van der Waals surface area contributed by atoms with E-state index in [1.54, 1.807) is 11.8 Å². The number of para-hydroxylation sites is 1. The second-order valence-electron chi connectivity index (χ2n) is 4.76. The molecule has 0 fully saturated rings. The monoisotopic (exact) mass is 301 g/mol. The van der Waals surface area contributed by atoms with Gasteiger partial charge < -0.3 is 10.1 Å². The van der Waals surface area contributed by atoms with Crippen molar-refractivity contribution in [3.05, 3.63) is 59.7 Å². The molecule has 2 rings (SSSR count). The molecular weight excluding hydrogens is 282 g/mol. The van der Waals surface area contributed by atoms with Gasteiger partial charge in [0.05, 0.1) is 5.69 Å². The Morgan fingerprint density at radius 1 is 1.19 bits per heavy atom. The maximum absolute atomic E-state index is 11.6. The summed E-state index contributed by atoms with van der Waals surface area (Å²) in [6, 6.07) is 16.3. The van der Waals surface area contributed by atoms with Crippen LogP contribution < -0.4 is 5.32 Å². The number of ether oxygens (including phenoxy) is 1. The molecule has 4 heteroatoms. The molecule has 0 saturated carbocycles.